The fourth-order valence-corrected chi connectivity index (χ4v) is 2.65. The Hall–Kier alpha value is -2.18. The van der Waals surface area contributed by atoms with E-state index in [2.05, 4.69) is 10.3 Å². The molecule has 0 aromatic carbocycles. The van der Waals surface area contributed by atoms with Crippen LogP contribution in [0.1, 0.15) is 32.6 Å². The first-order valence-electron chi connectivity index (χ1n) is 7.09. The molecular weight excluding hydrogens is 274 g/mol. The summed E-state index contributed by atoms with van der Waals surface area (Å²) in [5, 5.41) is 13.7. The second kappa shape index (κ2) is 6.51. The fraction of sp³-hybridized carbons (Fsp3) is 0.571. The Morgan fingerprint density at radius 3 is 2.71 bits per heavy atom. The maximum atomic E-state index is 12.2. The second-order valence-electron chi connectivity index (χ2n) is 5.22. The molecule has 1 N–H and O–H groups in total. The first-order valence-corrected chi connectivity index (χ1v) is 7.09. The van der Waals surface area contributed by atoms with Crippen LogP contribution in [0.4, 0.5) is 11.5 Å². The summed E-state index contributed by atoms with van der Waals surface area (Å²) in [7, 11) is 0. The van der Waals surface area contributed by atoms with Crippen molar-refractivity contribution >= 4 is 17.5 Å². The third kappa shape index (κ3) is 3.48. The van der Waals surface area contributed by atoms with Crippen LogP contribution in [0.3, 0.4) is 0 Å². The van der Waals surface area contributed by atoms with Crippen LogP contribution in [0.25, 0.3) is 0 Å². The Morgan fingerprint density at radius 2 is 2.19 bits per heavy atom. The van der Waals surface area contributed by atoms with Gasteiger partial charge in [-0.05, 0) is 25.8 Å². The first-order chi connectivity index (χ1) is 10.1. The van der Waals surface area contributed by atoms with Crippen molar-refractivity contribution in [2.45, 2.75) is 32.6 Å². The Kier molecular flexibility index (Phi) is 4.72. The average molecular weight is 293 g/mol. The predicted octanol–water partition coefficient (Wildman–Crippen LogP) is 2.53. The molecule has 0 atom stereocenters. The van der Waals surface area contributed by atoms with Gasteiger partial charge in [0.25, 0.3) is 5.69 Å². The summed E-state index contributed by atoms with van der Waals surface area (Å²) >= 11 is 0. The fourth-order valence-electron chi connectivity index (χ4n) is 2.65. The van der Waals surface area contributed by atoms with Gasteiger partial charge in [0.05, 0.1) is 16.9 Å². The van der Waals surface area contributed by atoms with Crippen LogP contribution in [0, 0.1) is 15.5 Å². The summed E-state index contributed by atoms with van der Waals surface area (Å²) in [6, 6.07) is 2.94. The van der Waals surface area contributed by atoms with E-state index < -0.39 is 10.3 Å². The van der Waals surface area contributed by atoms with E-state index in [1.54, 1.807) is 13.0 Å². The number of carbonyl (C=O) groups is 1. The molecule has 114 valence electrons. The first kappa shape index (κ1) is 15.2. The van der Waals surface area contributed by atoms with Crippen LogP contribution in [-0.4, -0.2) is 29.0 Å². The smallest absolute Gasteiger partial charge is 0.313 e. The third-order valence-corrected chi connectivity index (χ3v) is 3.84. The van der Waals surface area contributed by atoms with Crippen LogP contribution in [-0.2, 0) is 9.53 Å². The molecule has 0 aliphatic heterocycles. The highest BCUT2D eigenvalue weighted by Crippen LogP contribution is 2.39. The van der Waals surface area contributed by atoms with E-state index in [-0.39, 0.29) is 11.7 Å². The van der Waals surface area contributed by atoms with Gasteiger partial charge in [-0.2, -0.15) is 0 Å². The number of rotatable bonds is 6. The lowest BCUT2D eigenvalue weighted by Gasteiger charge is -2.26. The van der Waals surface area contributed by atoms with E-state index in [4.69, 9.17) is 4.74 Å². The quantitative estimate of drug-likeness (QED) is 0.492. The highest BCUT2D eigenvalue weighted by molar-refractivity contribution is 5.78. The molecule has 1 aliphatic carbocycles. The molecule has 0 radical (unpaired) electrons. The van der Waals surface area contributed by atoms with E-state index in [1.165, 1.54) is 12.3 Å². The largest absolute Gasteiger partial charge is 0.466 e. The average Bonchev–Trinajstić information content (AvgIpc) is 2.96. The topological polar surface area (TPSA) is 94.4 Å². The van der Waals surface area contributed by atoms with Crippen LogP contribution < -0.4 is 5.32 Å². The molecule has 0 saturated heterocycles. The Labute approximate surface area is 122 Å². The van der Waals surface area contributed by atoms with Gasteiger partial charge in [-0.3, -0.25) is 14.9 Å². The molecule has 1 aromatic heterocycles. The zero-order valence-electron chi connectivity index (χ0n) is 12.0. The van der Waals surface area contributed by atoms with E-state index in [0.29, 0.717) is 19.0 Å². The summed E-state index contributed by atoms with van der Waals surface area (Å²) in [5.41, 5.74) is -0.555. The summed E-state index contributed by atoms with van der Waals surface area (Å²) in [5.74, 6) is 0.355. The minimum absolute atomic E-state index is 0.0541. The lowest BCUT2D eigenvalue weighted by molar-refractivity contribution is -0.385. The second-order valence-corrected chi connectivity index (χ2v) is 5.22. The van der Waals surface area contributed by atoms with Crippen molar-refractivity contribution in [2.24, 2.45) is 5.41 Å². The molecule has 1 aliphatic rings. The number of nitrogens with one attached hydrogen (secondary N) is 1. The van der Waals surface area contributed by atoms with Gasteiger partial charge < -0.3 is 10.1 Å². The molecule has 1 fully saturated rings. The molecule has 1 heterocycles. The summed E-state index contributed by atoms with van der Waals surface area (Å²) in [6.45, 7) is 2.61. The number of hydrogen-bond donors (Lipinski definition) is 1. The number of esters is 1. The van der Waals surface area contributed by atoms with E-state index in [0.717, 1.165) is 25.7 Å². The van der Waals surface area contributed by atoms with Gasteiger partial charge in [-0.15, -0.1) is 0 Å². The van der Waals surface area contributed by atoms with Gasteiger partial charge in [-0.25, -0.2) is 4.98 Å². The number of aromatic nitrogens is 1. The lowest BCUT2D eigenvalue weighted by atomic mass is 9.86. The highest BCUT2D eigenvalue weighted by atomic mass is 16.6. The molecule has 0 spiro atoms. The lowest BCUT2D eigenvalue weighted by Crippen LogP contribution is -2.37. The molecule has 0 bridgehead atoms. The summed E-state index contributed by atoms with van der Waals surface area (Å²) in [4.78, 5) is 26.2. The van der Waals surface area contributed by atoms with Crippen molar-refractivity contribution < 1.29 is 14.5 Å². The zero-order valence-corrected chi connectivity index (χ0v) is 12.0. The van der Waals surface area contributed by atoms with E-state index >= 15 is 0 Å². The number of pyridine rings is 1. The Balaban J connectivity index is 2.02. The molecular formula is C14H19N3O4. The predicted molar refractivity (Wildman–Crippen MR) is 76.9 cm³/mol. The maximum absolute atomic E-state index is 12.2. The summed E-state index contributed by atoms with van der Waals surface area (Å²) in [6.07, 6.45) is 4.81. The Morgan fingerprint density at radius 1 is 1.48 bits per heavy atom. The number of anilines is 1. The minimum atomic E-state index is -0.501. The Bertz CT molecular complexity index is 509. The van der Waals surface area contributed by atoms with Gasteiger partial charge in [0.2, 0.25) is 0 Å². The van der Waals surface area contributed by atoms with Crippen molar-refractivity contribution in [3.63, 3.8) is 0 Å². The van der Waals surface area contributed by atoms with Crippen LogP contribution in [0.5, 0.6) is 0 Å². The molecule has 0 unspecified atom stereocenters. The van der Waals surface area contributed by atoms with Gasteiger partial charge >= 0.3 is 5.97 Å². The molecule has 7 nitrogen and oxygen atoms in total. The van der Waals surface area contributed by atoms with E-state index in [1.807, 2.05) is 0 Å². The monoisotopic (exact) mass is 293 g/mol. The molecule has 2 rings (SSSR count). The third-order valence-electron chi connectivity index (χ3n) is 3.84. The standard InChI is InChI=1S/C14H19N3O4/c1-2-21-13(18)14(7-3-4-8-14)10-16-12-6-5-11(9-15-12)17(19)20/h5-6,9H,2-4,7-8,10H2,1H3,(H,15,16). The number of hydrogen-bond acceptors (Lipinski definition) is 6. The van der Waals surface area contributed by atoms with Crippen molar-refractivity contribution in [1.82, 2.24) is 4.98 Å². The molecule has 1 aromatic rings. The van der Waals surface area contributed by atoms with Crippen molar-refractivity contribution in [3.8, 4) is 0 Å². The van der Waals surface area contributed by atoms with Gasteiger partial charge in [0, 0.05) is 12.6 Å². The molecule has 0 amide bonds. The van der Waals surface area contributed by atoms with Gasteiger partial charge in [0.1, 0.15) is 12.0 Å². The maximum Gasteiger partial charge on any atom is 0.313 e. The molecule has 21 heavy (non-hydrogen) atoms. The van der Waals surface area contributed by atoms with E-state index in [9.17, 15) is 14.9 Å². The highest BCUT2D eigenvalue weighted by Gasteiger charge is 2.42. The molecule has 7 heteroatoms. The zero-order chi connectivity index (χ0) is 15.3. The minimum Gasteiger partial charge on any atom is -0.466 e. The van der Waals surface area contributed by atoms with Gasteiger partial charge in [0.15, 0.2) is 0 Å². The number of nitro groups is 1. The normalized spacial score (nSPS) is 16.4. The van der Waals surface area contributed by atoms with Crippen LogP contribution >= 0.6 is 0 Å². The number of carbonyl (C=O) groups excluding carboxylic acids is 1. The summed E-state index contributed by atoms with van der Waals surface area (Å²) < 4.78 is 5.18. The number of ether oxygens (including phenoxy) is 1. The van der Waals surface area contributed by atoms with Crippen LogP contribution in [0.15, 0.2) is 18.3 Å². The number of nitrogens with zero attached hydrogens (tertiary/aromatic N) is 2. The van der Waals surface area contributed by atoms with Crippen molar-refractivity contribution in [3.05, 3.63) is 28.4 Å². The SMILES string of the molecule is CCOC(=O)C1(CNc2ccc([N+](=O)[O-])cn2)CCCC1. The van der Waals surface area contributed by atoms with Crippen molar-refractivity contribution in [2.75, 3.05) is 18.5 Å². The van der Waals surface area contributed by atoms with Crippen molar-refractivity contribution in [1.29, 1.82) is 0 Å². The van der Waals surface area contributed by atoms with Crippen LogP contribution in [0.2, 0.25) is 0 Å². The van der Waals surface area contributed by atoms with Gasteiger partial charge in [-0.1, -0.05) is 12.8 Å². The molecule has 1 saturated carbocycles.